The summed E-state index contributed by atoms with van der Waals surface area (Å²) in [5.41, 5.74) is 1.65. The maximum atomic E-state index is 12.7. The van der Waals surface area contributed by atoms with Crippen molar-refractivity contribution in [3.8, 4) is 5.69 Å². The molecule has 1 saturated heterocycles. The molecular formula is C18H17IN6O. The molecule has 8 heteroatoms. The van der Waals surface area contributed by atoms with Crippen LogP contribution in [0, 0.1) is 3.57 Å². The fraction of sp³-hybridized carbons (Fsp3) is 0.222. The lowest BCUT2D eigenvalue weighted by atomic mass is 10.2. The molecule has 0 radical (unpaired) electrons. The first-order chi connectivity index (χ1) is 12.7. The van der Waals surface area contributed by atoms with Crippen LogP contribution < -0.4 is 4.90 Å². The number of hydrogen-bond donors (Lipinski definition) is 0. The van der Waals surface area contributed by atoms with Crippen molar-refractivity contribution in [1.29, 1.82) is 0 Å². The second-order valence-corrected chi connectivity index (χ2v) is 7.26. The molecule has 4 rings (SSSR count). The number of anilines is 1. The number of carbonyl (C=O) groups is 1. The third-order valence-corrected chi connectivity index (χ3v) is 5.11. The third kappa shape index (κ3) is 3.41. The van der Waals surface area contributed by atoms with Crippen molar-refractivity contribution in [3.05, 3.63) is 63.7 Å². The van der Waals surface area contributed by atoms with Gasteiger partial charge < -0.3 is 9.80 Å². The SMILES string of the molecule is O=C(c1ccc(I)cc1)N1CCN(c2nnnn2-c2ccccc2)CC1. The van der Waals surface area contributed by atoms with Gasteiger partial charge in [-0.2, -0.15) is 4.68 Å². The number of para-hydroxylation sites is 1. The number of carbonyl (C=O) groups excluding carboxylic acids is 1. The lowest BCUT2D eigenvalue weighted by Gasteiger charge is -2.34. The van der Waals surface area contributed by atoms with Crippen LogP contribution in [0.4, 0.5) is 5.95 Å². The van der Waals surface area contributed by atoms with Gasteiger partial charge >= 0.3 is 0 Å². The largest absolute Gasteiger partial charge is 0.336 e. The van der Waals surface area contributed by atoms with Crippen LogP contribution in [-0.2, 0) is 0 Å². The molecule has 0 N–H and O–H groups in total. The van der Waals surface area contributed by atoms with E-state index in [4.69, 9.17) is 0 Å². The maximum absolute atomic E-state index is 12.7. The van der Waals surface area contributed by atoms with Crippen LogP contribution in [0.1, 0.15) is 10.4 Å². The summed E-state index contributed by atoms with van der Waals surface area (Å²) in [6.07, 6.45) is 0. The second kappa shape index (κ2) is 7.40. The summed E-state index contributed by atoms with van der Waals surface area (Å²) >= 11 is 2.24. The number of amides is 1. The van der Waals surface area contributed by atoms with Gasteiger partial charge in [-0.1, -0.05) is 23.3 Å². The normalized spacial score (nSPS) is 14.5. The van der Waals surface area contributed by atoms with Gasteiger partial charge in [0.05, 0.1) is 5.69 Å². The molecule has 2 aromatic carbocycles. The maximum Gasteiger partial charge on any atom is 0.253 e. The Balaban J connectivity index is 1.45. The van der Waals surface area contributed by atoms with E-state index in [9.17, 15) is 4.79 Å². The van der Waals surface area contributed by atoms with E-state index in [0.717, 1.165) is 14.8 Å². The van der Waals surface area contributed by atoms with Gasteiger partial charge in [-0.3, -0.25) is 4.79 Å². The summed E-state index contributed by atoms with van der Waals surface area (Å²) in [5, 5.41) is 12.1. The molecule has 0 bridgehead atoms. The number of hydrogen-bond acceptors (Lipinski definition) is 5. The lowest BCUT2D eigenvalue weighted by molar-refractivity contribution is 0.0746. The highest BCUT2D eigenvalue weighted by molar-refractivity contribution is 14.1. The minimum atomic E-state index is 0.0729. The first-order valence-corrected chi connectivity index (χ1v) is 9.44. The smallest absolute Gasteiger partial charge is 0.253 e. The van der Waals surface area contributed by atoms with Crippen LogP contribution in [0.2, 0.25) is 0 Å². The molecule has 0 atom stereocenters. The highest BCUT2D eigenvalue weighted by atomic mass is 127. The number of piperazine rings is 1. The molecule has 26 heavy (non-hydrogen) atoms. The van der Waals surface area contributed by atoms with Gasteiger partial charge in [0.1, 0.15) is 0 Å². The van der Waals surface area contributed by atoms with Gasteiger partial charge in [-0.15, -0.1) is 0 Å². The number of halogens is 1. The molecule has 1 aromatic heterocycles. The minimum Gasteiger partial charge on any atom is -0.336 e. The van der Waals surface area contributed by atoms with E-state index < -0.39 is 0 Å². The van der Waals surface area contributed by atoms with E-state index in [1.54, 1.807) is 4.68 Å². The molecule has 3 aromatic rings. The van der Waals surface area contributed by atoms with Crippen LogP contribution in [-0.4, -0.2) is 57.2 Å². The number of rotatable bonds is 3. The molecule has 1 aliphatic rings. The van der Waals surface area contributed by atoms with Crippen LogP contribution in [0.15, 0.2) is 54.6 Å². The van der Waals surface area contributed by atoms with E-state index in [0.29, 0.717) is 32.1 Å². The van der Waals surface area contributed by atoms with Gasteiger partial charge in [0.25, 0.3) is 5.91 Å². The first-order valence-electron chi connectivity index (χ1n) is 8.36. The monoisotopic (exact) mass is 460 g/mol. The van der Waals surface area contributed by atoms with Crippen molar-refractivity contribution >= 4 is 34.4 Å². The zero-order chi connectivity index (χ0) is 17.9. The van der Waals surface area contributed by atoms with Crippen molar-refractivity contribution in [3.63, 3.8) is 0 Å². The molecule has 132 valence electrons. The molecule has 2 heterocycles. The highest BCUT2D eigenvalue weighted by Gasteiger charge is 2.25. The van der Waals surface area contributed by atoms with Gasteiger partial charge in [0.2, 0.25) is 5.95 Å². The van der Waals surface area contributed by atoms with E-state index >= 15 is 0 Å². The average Bonchev–Trinajstić information content (AvgIpc) is 3.19. The zero-order valence-corrected chi connectivity index (χ0v) is 16.2. The molecule has 0 aliphatic carbocycles. The van der Waals surface area contributed by atoms with Crippen molar-refractivity contribution in [2.24, 2.45) is 0 Å². The Morgan fingerprint density at radius 3 is 2.31 bits per heavy atom. The number of aromatic nitrogens is 4. The third-order valence-electron chi connectivity index (χ3n) is 4.39. The molecule has 0 saturated carbocycles. The van der Waals surface area contributed by atoms with Crippen molar-refractivity contribution in [2.75, 3.05) is 31.1 Å². The fourth-order valence-electron chi connectivity index (χ4n) is 3.00. The molecule has 1 fully saturated rings. The Morgan fingerprint density at radius 2 is 1.62 bits per heavy atom. The van der Waals surface area contributed by atoms with Gasteiger partial charge in [-0.25, -0.2) is 0 Å². The van der Waals surface area contributed by atoms with Gasteiger partial charge in [0.15, 0.2) is 0 Å². The fourth-order valence-corrected chi connectivity index (χ4v) is 3.36. The minimum absolute atomic E-state index is 0.0729. The van der Waals surface area contributed by atoms with Crippen LogP contribution in [0.25, 0.3) is 5.69 Å². The molecule has 1 aliphatic heterocycles. The Labute approximate surface area is 164 Å². The average molecular weight is 460 g/mol. The summed E-state index contributed by atoms with van der Waals surface area (Å²) in [6, 6.07) is 17.5. The van der Waals surface area contributed by atoms with E-state index in [1.165, 1.54) is 0 Å². The number of tetrazole rings is 1. The molecule has 7 nitrogen and oxygen atoms in total. The first kappa shape index (κ1) is 17.0. The number of nitrogens with zero attached hydrogens (tertiary/aromatic N) is 6. The van der Waals surface area contributed by atoms with Crippen LogP contribution in [0.5, 0.6) is 0 Å². The van der Waals surface area contributed by atoms with Crippen molar-refractivity contribution in [2.45, 2.75) is 0 Å². The second-order valence-electron chi connectivity index (χ2n) is 6.01. The Kier molecular flexibility index (Phi) is 4.83. The summed E-state index contributed by atoms with van der Waals surface area (Å²) in [6.45, 7) is 2.69. The quantitative estimate of drug-likeness (QED) is 0.561. The number of benzene rings is 2. The predicted molar refractivity (Wildman–Crippen MR) is 106 cm³/mol. The predicted octanol–water partition coefficient (Wildman–Crippen LogP) is 2.23. The van der Waals surface area contributed by atoms with Crippen molar-refractivity contribution < 1.29 is 4.79 Å². The highest BCUT2D eigenvalue weighted by Crippen LogP contribution is 2.18. The zero-order valence-electron chi connectivity index (χ0n) is 14.0. The van der Waals surface area contributed by atoms with Crippen LogP contribution >= 0.6 is 22.6 Å². The van der Waals surface area contributed by atoms with Crippen LogP contribution in [0.3, 0.4) is 0 Å². The molecule has 0 unspecified atom stereocenters. The Bertz CT molecular complexity index is 888. The molecule has 1 amide bonds. The molecule has 0 spiro atoms. The van der Waals surface area contributed by atoms with E-state index in [-0.39, 0.29) is 5.91 Å². The van der Waals surface area contributed by atoms with E-state index in [1.807, 2.05) is 59.5 Å². The summed E-state index contributed by atoms with van der Waals surface area (Å²) in [7, 11) is 0. The molecular weight excluding hydrogens is 443 g/mol. The summed E-state index contributed by atoms with van der Waals surface area (Å²) < 4.78 is 2.85. The standard InChI is InChI=1S/C18H17IN6O/c19-15-8-6-14(7-9-15)17(26)23-10-12-24(13-11-23)18-20-21-22-25(18)16-4-2-1-3-5-16/h1-9H,10-13H2. The van der Waals surface area contributed by atoms with Gasteiger partial charge in [-0.05, 0) is 69.4 Å². The van der Waals surface area contributed by atoms with E-state index in [2.05, 4.69) is 43.0 Å². The lowest BCUT2D eigenvalue weighted by Crippen LogP contribution is -2.49. The summed E-state index contributed by atoms with van der Waals surface area (Å²) in [4.78, 5) is 16.7. The Morgan fingerprint density at radius 1 is 0.923 bits per heavy atom. The van der Waals surface area contributed by atoms with Gasteiger partial charge in [0, 0.05) is 35.3 Å². The Hall–Kier alpha value is -2.49. The summed E-state index contributed by atoms with van der Waals surface area (Å²) in [5.74, 6) is 0.779. The topological polar surface area (TPSA) is 67.2 Å². The van der Waals surface area contributed by atoms with Crippen molar-refractivity contribution in [1.82, 2.24) is 25.1 Å².